The third-order valence-corrected chi connectivity index (χ3v) is 2.97. The molecule has 0 N–H and O–H groups in total. The first-order valence-electron chi connectivity index (χ1n) is 5.02. The number of hydrogen-bond acceptors (Lipinski definition) is 3. The molecule has 0 unspecified atom stereocenters. The van der Waals surface area contributed by atoms with Gasteiger partial charge in [0, 0.05) is 10.7 Å². The highest BCUT2D eigenvalue weighted by atomic mass is 79.9. The summed E-state index contributed by atoms with van der Waals surface area (Å²) in [7, 11) is 1.54. The van der Waals surface area contributed by atoms with Crippen LogP contribution in [0.25, 0.3) is 0 Å². The van der Waals surface area contributed by atoms with Crippen molar-refractivity contribution in [2.75, 3.05) is 7.11 Å². The van der Waals surface area contributed by atoms with Crippen LogP contribution in [0.2, 0.25) is 0 Å². The second-order valence-electron chi connectivity index (χ2n) is 3.36. The van der Waals surface area contributed by atoms with Crippen molar-refractivity contribution in [2.45, 2.75) is 0 Å². The van der Waals surface area contributed by atoms with Gasteiger partial charge in [-0.15, -0.1) is 0 Å². The molecule has 1 aromatic heterocycles. The van der Waals surface area contributed by atoms with Crippen molar-refractivity contribution in [3.05, 3.63) is 58.3 Å². The van der Waals surface area contributed by atoms with Crippen LogP contribution in [0.15, 0.2) is 47.1 Å². The van der Waals surface area contributed by atoms with Crippen LogP contribution in [0.3, 0.4) is 0 Å². The Bertz CT molecular complexity index is 555. The van der Waals surface area contributed by atoms with Crippen molar-refractivity contribution in [1.82, 2.24) is 4.98 Å². The van der Waals surface area contributed by atoms with Gasteiger partial charge in [-0.25, -0.2) is 0 Å². The predicted octanol–water partition coefficient (Wildman–Crippen LogP) is 3.08. The minimum Gasteiger partial charge on any atom is -0.496 e. The van der Waals surface area contributed by atoms with Crippen molar-refractivity contribution < 1.29 is 9.53 Å². The third-order valence-electron chi connectivity index (χ3n) is 2.33. The van der Waals surface area contributed by atoms with Gasteiger partial charge in [0.05, 0.1) is 12.7 Å². The maximum atomic E-state index is 12.3. The molecule has 0 atom stereocenters. The van der Waals surface area contributed by atoms with Crippen LogP contribution in [0.4, 0.5) is 0 Å². The van der Waals surface area contributed by atoms with E-state index in [2.05, 4.69) is 20.9 Å². The third kappa shape index (κ3) is 2.36. The molecule has 0 saturated heterocycles. The maximum absolute atomic E-state index is 12.3. The fourth-order valence-electron chi connectivity index (χ4n) is 1.51. The molecular formula is C13H10BrNO2. The minimum atomic E-state index is -0.157. The van der Waals surface area contributed by atoms with Crippen molar-refractivity contribution in [3.8, 4) is 5.75 Å². The van der Waals surface area contributed by atoms with E-state index in [9.17, 15) is 4.79 Å². The molecule has 17 heavy (non-hydrogen) atoms. The lowest BCUT2D eigenvalue weighted by molar-refractivity contribution is 0.103. The zero-order chi connectivity index (χ0) is 12.3. The molecule has 0 radical (unpaired) electrons. The Hall–Kier alpha value is -1.68. The number of nitrogens with zero attached hydrogens (tertiary/aromatic N) is 1. The zero-order valence-corrected chi connectivity index (χ0v) is 10.8. The van der Waals surface area contributed by atoms with Gasteiger partial charge in [-0.05, 0) is 40.2 Å². The summed E-state index contributed by atoms with van der Waals surface area (Å²) in [6.07, 6.45) is 1.59. The summed E-state index contributed by atoms with van der Waals surface area (Å²) in [5.74, 6) is 0.393. The lowest BCUT2D eigenvalue weighted by atomic mass is 10.1. The predicted molar refractivity (Wildman–Crippen MR) is 68.4 cm³/mol. The molecule has 1 aromatic carbocycles. The molecule has 0 fully saturated rings. The molecule has 0 aliphatic carbocycles. The van der Waals surface area contributed by atoms with Crippen molar-refractivity contribution in [2.24, 2.45) is 0 Å². The van der Waals surface area contributed by atoms with Crippen LogP contribution >= 0.6 is 15.9 Å². The fourth-order valence-corrected chi connectivity index (χ4v) is 1.95. The molecule has 0 amide bonds. The number of halogens is 1. The van der Waals surface area contributed by atoms with Crippen molar-refractivity contribution in [3.63, 3.8) is 0 Å². The van der Waals surface area contributed by atoms with Gasteiger partial charge in [0.25, 0.3) is 0 Å². The van der Waals surface area contributed by atoms with Gasteiger partial charge in [-0.2, -0.15) is 0 Å². The number of hydrogen-bond donors (Lipinski definition) is 0. The van der Waals surface area contributed by atoms with E-state index < -0.39 is 0 Å². The highest BCUT2D eigenvalue weighted by Gasteiger charge is 2.17. The van der Waals surface area contributed by atoms with E-state index >= 15 is 0 Å². The summed E-state index contributed by atoms with van der Waals surface area (Å²) in [5, 5.41) is 0. The van der Waals surface area contributed by atoms with Gasteiger partial charge in [0.1, 0.15) is 11.4 Å². The number of pyridine rings is 1. The molecule has 3 nitrogen and oxygen atoms in total. The molecule has 4 heteroatoms. The summed E-state index contributed by atoms with van der Waals surface area (Å²) < 4.78 is 5.84. The number of carbonyl (C=O) groups is 1. The van der Waals surface area contributed by atoms with E-state index in [-0.39, 0.29) is 5.78 Å². The topological polar surface area (TPSA) is 39.2 Å². The monoisotopic (exact) mass is 291 g/mol. The van der Waals surface area contributed by atoms with Gasteiger partial charge in [-0.3, -0.25) is 9.78 Å². The normalized spacial score (nSPS) is 10.0. The van der Waals surface area contributed by atoms with Gasteiger partial charge in [0.15, 0.2) is 0 Å². The van der Waals surface area contributed by atoms with Crippen molar-refractivity contribution in [1.29, 1.82) is 0 Å². The summed E-state index contributed by atoms with van der Waals surface area (Å²) in [4.78, 5) is 16.4. The van der Waals surface area contributed by atoms with Gasteiger partial charge in [0.2, 0.25) is 5.78 Å². The highest BCUT2D eigenvalue weighted by Crippen LogP contribution is 2.23. The lowest BCUT2D eigenvalue weighted by Gasteiger charge is -2.07. The van der Waals surface area contributed by atoms with Gasteiger partial charge >= 0.3 is 0 Å². The van der Waals surface area contributed by atoms with Crippen LogP contribution < -0.4 is 4.74 Å². The molecule has 1 heterocycles. The van der Waals surface area contributed by atoms with Crippen LogP contribution in [0.5, 0.6) is 5.75 Å². The summed E-state index contributed by atoms with van der Waals surface area (Å²) >= 11 is 3.32. The second-order valence-corrected chi connectivity index (χ2v) is 4.22. The molecule has 0 aliphatic rings. The number of rotatable bonds is 3. The maximum Gasteiger partial charge on any atom is 0.216 e. The zero-order valence-electron chi connectivity index (χ0n) is 9.18. The minimum absolute atomic E-state index is 0.157. The first kappa shape index (κ1) is 11.8. The Morgan fingerprint density at radius 2 is 2.00 bits per heavy atom. The molecule has 0 spiro atoms. The van der Waals surface area contributed by atoms with Crippen molar-refractivity contribution >= 4 is 21.7 Å². The first-order valence-corrected chi connectivity index (χ1v) is 5.81. The van der Waals surface area contributed by atoms with E-state index in [0.717, 1.165) is 0 Å². The Morgan fingerprint density at radius 1 is 1.24 bits per heavy atom. The average molecular weight is 292 g/mol. The molecule has 2 rings (SSSR count). The molecule has 0 aliphatic heterocycles. The number of carbonyl (C=O) groups excluding carboxylic acids is 1. The van der Waals surface area contributed by atoms with E-state index in [1.165, 1.54) is 0 Å². The second kappa shape index (κ2) is 5.10. The van der Waals surface area contributed by atoms with Crippen LogP contribution in [0.1, 0.15) is 16.1 Å². The van der Waals surface area contributed by atoms with Gasteiger partial charge in [-0.1, -0.05) is 12.1 Å². The quantitative estimate of drug-likeness (QED) is 0.816. The lowest BCUT2D eigenvalue weighted by Crippen LogP contribution is -2.06. The number of ether oxygens (including phenoxy) is 1. The Morgan fingerprint density at radius 3 is 2.71 bits per heavy atom. The van der Waals surface area contributed by atoms with Crippen LogP contribution in [-0.2, 0) is 0 Å². The van der Waals surface area contributed by atoms with E-state index in [0.29, 0.717) is 21.5 Å². The Kier molecular flexibility index (Phi) is 3.54. The molecule has 0 saturated carbocycles. The van der Waals surface area contributed by atoms with E-state index in [1.54, 1.807) is 43.6 Å². The Labute approximate surface area is 108 Å². The molecule has 2 aromatic rings. The first-order chi connectivity index (χ1) is 8.24. The SMILES string of the molecule is COc1ccccc1C(=O)c1ncccc1Br. The van der Waals surface area contributed by atoms with Gasteiger partial charge < -0.3 is 4.74 Å². The Balaban J connectivity index is 2.48. The summed E-state index contributed by atoms with van der Waals surface area (Å²) in [6, 6.07) is 10.7. The number of benzene rings is 1. The summed E-state index contributed by atoms with van der Waals surface area (Å²) in [5.41, 5.74) is 0.895. The van der Waals surface area contributed by atoms with Crippen LogP contribution in [0, 0.1) is 0 Å². The highest BCUT2D eigenvalue weighted by molar-refractivity contribution is 9.10. The molecular weight excluding hydrogens is 282 g/mol. The standard InChI is InChI=1S/C13H10BrNO2/c1-17-11-7-3-2-5-9(11)13(16)12-10(14)6-4-8-15-12/h2-8H,1H3. The fraction of sp³-hybridized carbons (Fsp3) is 0.0769. The number of para-hydroxylation sites is 1. The summed E-state index contributed by atoms with van der Waals surface area (Å²) in [6.45, 7) is 0. The van der Waals surface area contributed by atoms with E-state index in [1.807, 2.05) is 6.07 Å². The molecule has 86 valence electrons. The average Bonchev–Trinajstić information content (AvgIpc) is 2.38. The van der Waals surface area contributed by atoms with E-state index in [4.69, 9.17) is 4.74 Å². The smallest absolute Gasteiger partial charge is 0.216 e. The van der Waals surface area contributed by atoms with Crippen LogP contribution in [-0.4, -0.2) is 17.9 Å². The number of aromatic nitrogens is 1. The molecule has 0 bridgehead atoms. The largest absolute Gasteiger partial charge is 0.496 e. The number of ketones is 1. The number of methoxy groups -OCH3 is 1.